The van der Waals surface area contributed by atoms with E-state index in [9.17, 15) is 13.2 Å². The molecule has 2 heterocycles. The summed E-state index contributed by atoms with van der Waals surface area (Å²) in [5, 5.41) is 10.0. The Hall–Kier alpha value is -1.84. The molecule has 19 heavy (non-hydrogen) atoms. The van der Waals surface area contributed by atoms with E-state index in [0.717, 1.165) is 17.4 Å². The molecule has 2 rings (SSSR count). The highest BCUT2D eigenvalue weighted by Crippen LogP contribution is 2.20. The monoisotopic (exact) mass is 299 g/mol. The van der Waals surface area contributed by atoms with Crippen LogP contribution in [0.15, 0.2) is 34.2 Å². The minimum atomic E-state index is -3.73. The molecule has 0 aliphatic heterocycles. The van der Waals surface area contributed by atoms with Gasteiger partial charge in [0.1, 0.15) is 10.5 Å². The van der Waals surface area contributed by atoms with E-state index in [2.05, 4.69) is 14.7 Å². The molecule has 2 N–H and O–H groups in total. The van der Waals surface area contributed by atoms with Crippen molar-refractivity contribution in [3.8, 4) is 0 Å². The molecule has 0 saturated heterocycles. The molecule has 9 heteroatoms. The van der Waals surface area contributed by atoms with Crippen molar-refractivity contribution in [2.45, 2.75) is 10.8 Å². The van der Waals surface area contributed by atoms with E-state index in [1.165, 1.54) is 17.9 Å². The van der Waals surface area contributed by atoms with Gasteiger partial charge in [-0.05, 0) is 12.1 Å². The number of aromatic carboxylic acids is 1. The summed E-state index contributed by atoms with van der Waals surface area (Å²) in [7, 11) is -3.73. The number of aromatic nitrogens is 2. The van der Waals surface area contributed by atoms with Gasteiger partial charge in [-0.15, -0.1) is 11.3 Å². The Kier molecular flexibility index (Phi) is 3.88. The molecule has 0 spiro atoms. The second-order valence-corrected chi connectivity index (χ2v) is 6.39. The number of nitrogens with one attached hydrogen (secondary N) is 1. The Morgan fingerprint density at radius 1 is 1.47 bits per heavy atom. The molecular weight excluding hydrogens is 290 g/mol. The third-order valence-electron chi connectivity index (χ3n) is 2.17. The van der Waals surface area contributed by atoms with Gasteiger partial charge in [0.2, 0.25) is 10.0 Å². The van der Waals surface area contributed by atoms with Crippen LogP contribution in [0.2, 0.25) is 0 Å². The molecule has 2 aromatic rings. The highest BCUT2D eigenvalue weighted by Gasteiger charge is 2.18. The van der Waals surface area contributed by atoms with Gasteiger partial charge in [0.25, 0.3) is 0 Å². The predicted molar refractivity (Wildman–Crippen MR) is 67.3 cm³/mol. The number of nitrogens with zero attached hydrogens (tertiary/aromatic N) is 2. The van der Waals surface area contributed by atoms with Crippen LogP contribution in [0.4, 0.5) is 0 Å². The van der Waals surface area contributed by atoms with Crippen molar-refractivity contribution >= 4 is 27.3 Å². The number of carboxylic acid groups (broad SMARTS) is 1. The normalized spacial score (nSPS) is 11.4. The Balaban J connectivity index is 2.12. The molecule has 0 aromatic carbocycles. The molecule has 100 valence electrons. The lowest BCUT2D eigenvalue weighted by atomic mass is 10.4. The maximum absolute atomic E-state index is 11.9. The number of hydrogen-bond donors (Lipinski definition) is 2. The SMILES string of the molecule is O=C(O)c1csc(S(=O)(=O)NCc2ccncn2)c1. The highest BCUT2D eigenvalue weighted by atomic mass is 32.2. The largest absolute Gasteiger partial charge is 0.478 e. The smallest absolute Gasteiger partial charge is 0.336 e. The lowest BCUT2D eigenvalue weighted by Gasteiger charge is -2.03. The summed E-state index contributed by atoms with van der Waals surface area (Å²) < 4.78 is 26.1. The molecule has 0 amide bonds. The van der Waals surface area contributed by atoms with Crippen molar-refractivity contribution in [2.75, 3.05) is 0 Å². The third kappa shape index (κ3) is 3.34. The van der Waals surface area contributed by atoms with Crippen LogP contribution in [-0.4, -0.2) is 29.5 Å². The summed E-state index contributed by atoms with van der Waals surface area (Å²) in [5.41, 5.74) is 0.473. The maximum Gasteiger partial charge on any atom is 0.336 e. The summed E-state index contributed by atoms with van der Waals surface area (Å²) in [4.78, 5) is 18.3. The molecule has 0 unspecified atom stereocenters. The van der Waals surface area contributed by atoms with Crippen LogP contribution in [0.1, 0.15) is 16.1 Å². The second-order valence-electron chi connectivity index (χ2n) is 3.48. The molecule has 0 radical (unpaired) electrons. The van der Waals surface area contributed by atoms with E-state index in [0.29, 0.717) is 5.69 Å². The minimum absolute atomic E-state index is 0.0190. The van der Waals surface area contributed by atoms with Gasteiger partial charge in [-0.3, -0.25) is 0 Å². The first-order chi connectivity index (χ1) is 8.99. The first kappa shape index (κ1) is 13.6. The number of carboxylic acids is 1. The fraction of sp³-hybridized carbons (Fsp3) is 0.100. The standard InChI is InChI=1S/C10H9N3O4S2/c14-10(15)7-3-9(18-5-7)19(16,17)13-4-8-1-2-11-6-12-8/h1-3,5-6,13H,4H2,(H,14,15). The number of sulfonamides is 1. The average molecular weight is 299 g/mol. The predicted octanol–water partition coefficient (Wildman–Crippen LogP) is 0.715. The van der Waals surface area contributed by atoms with E-state index in [1.54, 1.807) is 6.07 Å². The molecule has 0 saturated carbocycles. The molecule has 0 atom stereocenters. The van der Waals surface area contributed by atoms with Gasteiger partial charge in [-0.25, -0.2) is 27.9 Å². The average Bonchev–Trinajstić information content (AvgIpc) is 2.88. The Labute approximate surface area is 113 Å². The number of hydrogen-bond acceptors (Lipinski definition) is 6. The van der Waals surface area contributed by atoms with Crippen LogP contribution in [-0.2, 0) is 16.6 Å². The van der Waals surface area contributed by atoms with Gasteiger partial charge in [-0.2, -0.15) is 0 Å². The lowest BCUT2D eigenvalue weighted by molar-refractivity contribution is 0.0697. The Morgan fingerprint density at radius 3 is 2.84 bits per heavy atom. The second kappa shape index (κ2) is 5.43. The van der Waals surface area contributed by atoms with Gasteiger partial charge < -0.3 is 5.11 Å². The van der Waals surface area contributed by atoms with Crippen LogP contribution in [0, 0.1) is 0 Å². The molecule has 0 aliphatic rings. The molecule has 2 aromatic heterocycles. The first-order valence-electron chi connectivity index (χ1n) is 5.05. The van der Waals surface area contributed by atoms with E-state index in [1.807, 2.05) is 0 Å². The molecular formula is C10H9N3O4S2. The van der Waals surface area contributed by atoms with Gasteiger partial charge in [0.05, 0.1) is 17.8 Å². The molecule has 7 nitrogen and oxygen atoms in total. The Bertz CT molecular complexity index is 682. The van der Waals surface area contributed by atoms with Crippen molar-refractivity contribution in [2.24, 2.45) is 0 Å². The fourth-order valence-electron chi connectivity index (χ4n) is 1.23. The minimum Gasteiger partial charge on any atom is -0.478 e. The van der Waals surface area contributed by atoms with Crippen molar-refractivity contribution in [1.29, 1.82) is 0 Å². The van der Waals surface area contributed by atoms with Crippen LogP contribution < -0.4 is 4.72 Å². The fourth-order valence-corrected chi connectivity index (χ4v) is 3.43. The van der Waals surface area contributed by atoms with E-state index in [-0.39, 0.29) is 16.3 Å². The summed E-state index contributed by atoms with van der Waals surface area (Å²) in [6.45, 7) is 0.0190. The number of thiophene rings is 1. The van der Waals surface area contributed by atoms with Crippen LogP contribution >= 0.6 is 11.3 Å². The lowest BCUT2D eigenvalue weighted by Crippen LogP contribution is -2.22. The van der Waals surface area contributed by atoms with Gasteiger partial charge in [0, 0.05) is 11.6 Å². The molecule has 0 bridgehead atoms. The topological polar surface area (TPSA) is 109 Å². The zero-order valence-corrected chi connectivity index (χ0v) is 11.1. The summed E-state index contributed by atoms with van der Waals surface area (Å²) in [5.74, 6) is -1.16. The quantitative estimate of drug-likeness (QED) is 0.841. The Morgan fingerprint density at radius 2 is 2.26 bits per heavy atom. The van der Waals surface area contributed by atoms with Gasteiger partial charge in [0.15, 0.2) is 0 Å². The maximum atomic E-state index is 11.9. The summed E-state index contributed by atoms with van der Waals surface area (Å²) in [6.07, 6.45) is 2.82. The highest BCUT2D eigenvalue weighted by molar-refractivity contribution is 7.91. The number of rotatable bonds is 5. The van der Waals surface area contributed by atoms with Crippen molar-refractivity contribution in [3.05, 3.63) is 41.3 Å². The van der Waals surface area contributed by atoms with Crippen LogP contribution in [0.5, 0.6) is 0 Å². The van der Waals surface area contributed by atoms with Crippen molar-refractivity contribution in [1.82, 2.24) is 14.7 Å². The van der Waals surface area contributed by atoms with E-state index in [4.69, 9.17) is 5.11 Å². The molecule has 0 fully saturated rings. The third-order valence-corrected chi connectivity index (χ3v) is 5.01. The zero-order valence-electron chi connectivity index (χ0n) is 9.48. The van der Waals surface area contributed by atoms with Gasteiger partial charge >= 0.3 is 5.97 Å². The van der Waals surface area contributed by atoms with E-state index < -0.39 is 16.0 Å². The van der Waals surface area contributed by atoms with Crippen LogP contribution in [0.3, 0.4) is 0 Å². The van der Waals surface area contributed by atoms with E-state index >= 15 is 0 Å². The number of carbonyl (C=O) groups is 1. The first-order valence-corrected chi connectivity index (χ1v) is 7.42. The summed E-state index contributed by atoms with van der Waals surface area (Å²) >= 11 is 0.856. The summed E-state index contributed by atoms with van der Waals surface area (Å²) in [6, 6.07) is 2.70. The van der Waals surface area contributed by atoms with Crippen LogP contribution in [0.25, 0.3) is 0 Å². The van der Waals surface area contributed by atoms with Crippen molar-refractivity contribution < 1.29 is 18.3 Å². The zero-order chi connectivity index (χ0) is 13.9. The van der Waals surface area contributed by atoms with Crippen molar-refractivity contribution in [3.63, 3.8) is 0 Å². The van der Waals surface area contributed by atoms with Gasteiger partial charge in [-0.1, -0.05) is 0 Å². The molecule has 0 aliphatic carbocycles.